The third kappa shape index (κ3) is 5.34. The zero-order valence-corrected chi connectivity index (χ0v) is 19.3. The number of hydrogen-bond donors (Lipinski definition) is 0. The highest BCUT2D eigenvalue weighted by Gasteiger charge is 2.29. The number of hydrogen-bond acceptors (Lipinski definition) is 6. The molecule has 1 aromatic heterocycles. The summed E-state index contributed by atoms with van der Waals surface area (Å²) in [4.78, 5) is 25.8. The van der Waals surface area contributed by atoms with E-state index in [-0.39, 0.29) is 24.8 Å². The van der Waals surface area contributed by atoms with E-state index in [0.717, 1.165) is 55.7 Å². The van der Waals surface area contributed by atoms with Gasteiger partial charge in [-0.1, -0.05) is 30.3 Å². The second-order valence-electron chi connectivity index (χ2n) is 8.69. The molecule has 0 atom stereocenters. The number of rotatable bonds is 5. The summed E-state index contributed by atoms with van der Waals surface area (Å²) in [6, 6.07) is 12.6. The maximum atomic E-state index is 14.4. The Morgan fingerprint density at radius 3 is 2.54 bits per heavy atom. The zero-order valence-electron chi connectivity index (χ0n) is 19.3. The Morgan fingerprint density at radius 1 is 0.971 bits per heavy atom. The Hall–Kier alpha value is -3.75. The topological polar surface area (TPSA) is 67.8 Å². The maximum Gasteiger partial charge on any atom is 0.410 e. The number of piperidine rings is 1. The second kappa shape index (κ2) is 10.2. The standard InChI is InChI=1S/C26H26F2N4O3/c27-19-9-10-23(21(28)15-19)35-24-20-16-32(26(33)34-17-18-7-3-1-4-8-18)14-11-22(20)29-25(30-24)31-12-5-2-6-13-31/h1,3-4,7-10,15H,2,5-6,11-14,16-17H2. The summed E-state index contributed by atoms with van der Waals surface area (Å²) >= 11 is 0. The minimum atomic E-state index is -0.827. The molecule has 2 aromatic carbocycles. The molecule has 7 nitrogen and oxygen atoms in total. The van der Waals surface area contributed by atoms with Crippen molar-refractivity contribution >= 4 is 12.0 Å². The minimum absolute atomic E-state index is 0.138. The first-order chi connectivity index (χ1) is 17.1. The van der Waals surface area contributed by atoms with Gasteiger partial charge in [-0.2, -0.15) is 4.98 Å². The summed E-state index contributed by atoms with van der Waals surface area (Å²) in [6.45, 7) is 2.43. The fourth-order valence-corrected chi connectivity index (χ4v) is 4.32. The van der Waals surface area contributed by atoms with Gasteiger partial charge in [-0.25, -0.2) is 18.6 Å². The third-order valence-electron chi connectivity index (χ3n) is 6.21. The summed E-state index contributed by atoms with van der Waals surface area (Å²) in [7, 11) is 0. The Bertz CT molecular complexity index is 1200. The quantitative estimate of drug-likeness (QED) is 0.498. The average Bonchev–Trinajstić information content (AvgIpc) is 2.89. The second-order valence-corrected chi connectivity index (χ2v) is 8.69. The van der Waals surface area contributed by atoms with Crippen LogP contribution in [0.15, 0.2) is 48.5 Å². The van der Waals surface area contributed by atoms with E-state index in [1.165, 1.54) is 6.07 Å². The molecule has 0 bridgehead atoms. The first-order valence-electron chi connectivity index (χ1n) is 11.8. The fourth-order valence-electron chi connectivity index (χ4n) is 4.32. The van der Waals surface area contributed by atoms with Crippen molar-refractivity contribution < 1.29 is 23.0 Å². The van der Waals surface area contributed by atoms with Crippen molar-refractivity contribution in [3.8, 4) is 11.6 Å². The highest BCUT2D eigenvalue weighted by molar-refractivity contribution is 5.68. The van der Waals surface area contributed by atoms with Crippen LogP contribution in [-0.4, -0.2) is 40.6 Å². The van der Waals surface area contributed by atoms with Gasteiger partial charge in [0.2, 0.25) is 11.8 Å². The number of halogens is 2. The molecule has 0 spiro atoms. The van der Waals surface area contributed by atoms with Gasteiger partial charge in [-0.05, 0) is 37.0 Å². The smallest absolute Gasteiger partial charge is 0.410 e. The maximum absolute atomic E-state index is 14.4. The van der Waals surface area contributed by atoms with Gasteiger partial charge < -0.3 is 19.3 Å². The molecule has 1 amide bonds. The van der Waals surface area contributed by atoms with Crippen molar-refractivity contribution in [2.75, 3.05) is 24.5 Å². The normalized spacial score (nSPS) is 15.5. The van der Waals surface area contributed by atoms with Crippen LogP contribution in [0.4, 0.5) is 19.5 Å². The van der Waals surface area contributed by atoms with Crippen LogP contribution < -0.4 is 9.64 Å². The molecule has 9 heteroatoms. The summed E-state index contributed by atoms with van der Waals surface area (Å²) in [6.07, 6.45) is 3.28. The number of carbonyl (C=O) groups is 1. The molecule has 2 aliphatic heterocycles. The van der Waals surface area contributed by atoms with Gasteiger partial charge in [-0.15, -0.1) is 0 Å². The van der Waals surface area contributed by atoms with Crippen LogP contribution in [0, 0.1) is 11.6 Å². The third-order valence-corrected chi connectivity index (χ3v) is 6.21. The number of carbonyl (C=O) groups excluding carboxylic acids is 1. The van der Waals surface area contributed by atoms with E-state index in [0.29, 0.717) is 24.5 Å². The highest BCUT2D eigenvalue weighted by atomic mass is 19.1. The molecular formula is C26H26F2N4O3. The number of benzene rings is 2. The first-order valence-corrected chi connectivity index (χ1v) is 11.8. The van der Waals surface area contributed by atoms with Gasteiger partial charge in [0.1, 0.15) is 12.4 Å². The van der Waals surface area contributed by atoms with Gasteiger partial charge in [-0.3, -0.25) is 0 Å². The van der Waals surface area contributed by atoms with Gasteiger partial charge in [0.25, 0.3) is 0 Å². The predicted octanol–water partition coefficient (Wildman–Crippen LogP) is 5.23. The zero-order chi connectivity index (χ0) is 24.2. The molecular weight excluding hydrogens is 454 g/mol. The van der Waals surface area contributed by atoms with Gasteiger partial charge in [0, 0.05) is 32.1 Å². The SMILES string of the molecule is O=C(OCc1ccccc1)N1CCc2nc(N3CCCCC3)nc(Oc3ccc(F)cc3F)c2C1. The van der Waals surface area contributed by atoms with E-state index in [2.05, 4.69) is 9.88 Å². The molecule has 1 fully saturated rings. The fraction of sp³-hybridized carbons (Fsp3) is 0.346. The van der Waals surface area contributed by atoms with Gasteiger partial charge in [0.15, 0.2) is 11.6 Å². The molecule has 5 rings (SSSR count). The molecule has 35 heavy (non-hydrogen) atoms. The number of anilines is 1. The Morgan fingerprint density at radius 2 is 1.77 bits per heavy atom. The lowest BCUT2D eigenvalue weighted by Crippen LogP contribution is -2.38. The summed E-state index contributed by atoms with van der Waals surface area (Å²) in [5.41, 5.74) is 2.24. The molecule has 2 aliphatic rings. The van der Waals surface area contributed by atoms with Crippen LogP contribution in [0.3, 0.4) is 0 Å². The number of nitrogens with zero attached hydrogens (tertiary/aromatic N) is 4. The van der Waals surface area contributed by atoms with E-state index >= 15 is 0 Å². The van der Waals surface area contributed by atoms with Crippen molar-refractivity contribution in [1.29, 1.82) is 0 Å². The van der Waals surface area contributed by atoms with Crippen molar-refractivity contribution in [2.45, 2.75) is 38.8 Å². The van der Waals surface area contributed by atoms with E-state index in [1.807, 2.05) is 30.3 Å². The molecule has 0 aliphatic carbocycles. The first kappa shape index (κ1) is 23.0. The summed E-state index contributed by atoms with van der Waals surface area (Å²) in [5, 5.41) is 0. The number of fused-ring (bicyclic) bond motifs is 1. The van der Waals surface area contributed by atoms with Crippen LogP contribution in [0.1, 0.15) is 36.1 Å². The van der Waals surface area contributed by atoms with Crippen LogP contribution in [0.2, 0.25) is 0 Å². The molecule has 0 saturated carbocycles. The minimum Gasteiger partial charge on any atom is -0.445 e. The largest absolute Gasteiger partial charge is 0.445 e. The van der Waals surface area contributed by atoms with Crippen molar-refractivity contribution in [2.24, 2.45) is 0 Å². The highest BCUT2D eigenvalue weighted by Crippen LogP contribution is 2.33. The van der Waals surface area contributed by atoms with Crippen molar-refractivity contribution in [3.05, 3.63) is 77.0 Å². The lowest BCUT2D eigenvalue weighted by molar-refractivity contribution is 0.0912. The monoisotopic (exact) mass is 480 g/mol. The molecule has 182 valence electrons. The molecule has 0 unspecified atom stereocenters. The Balaban J connectivity index is 1.40. The summed E-state index contributed by atoms with van der Waals surface area (Å²) < 4.78 is 39.1. The van der Waals surface area contributed by atoms with Gasteiger partial charge >= 0.3 is 6.09 Å². The molecule has 0 radical (unpaired) electrons. The average molecular weight is 481 g/mol. The molecule has 1 saturated heterocycles. The predicted molar refractivity (Wildman–Crippen MR) is 125 cm³/mol. The van der Waals surface area contributed by atoms with Crippen LogP contribution in [0.5, 0.6) is 11.6 Å². The molecule has 3 heterocycles. The van der Waals surface area contributed by atoms with Gasteiger partial charge in [0.05, 0.1) is 17.8 Å². The summed E-state index contributed by atoms with van der Waals surface area (Å²) in [5.74, 6) is -0.962. The number of ether oxygens (including phenoxy) is 2. The van der Waals surface area contributed by atoms with E-state index in [9.17, 15) is 13.6 Å². The lowest BCUT2D eigenvalue weighted by atomic mass is 10.1. The number of aromatic nitrogens is 2. The van der Waals surface area contributed by atoms with E-state index < -0.39 is 17.7 Å². The van der Waals surface area contributed by atoms with Crippen molar-refractivity contribution in [3.63, 3.8) is 0 Å². The Kier molecular flexibility index (Phi) is 6.74. The van der Waals surface area contributed by atoms with Crippen LogP contribution in [-0.2, 0) is 24.3 Å². The van der Waals surface area contributed by atoms with E-state index in [1.54, 1.807) is 4.90 Å². The van der Waals surface area contributed by atoms with Crippen LogP contribution in [0.25, 0.3) is 0 Å². The Labute approximate surface area is 202 Å². The lowest BCUT2D eigenvalue weighted by Gasteiger charge is -2.31. The van der Waals surface area contributed by atoms with Crippen molar-refractivity contribution in [1.82, 2.24) is 14.9 Å². The number of amides is 1. The van der Waals surface area contributed by atoms with E-state index in [4.69, 9.17) is 14.5 Å². The molecule has 0 N–H and O–H groups in total. The molecule has 3 aromatic rings. The van der Waals surface area contributed by atoms with Crippen LogP contribution >= 0.6 is 0 Å².